The van der Waals surface area contributed by atoms with Crippen molar-refractivity contribution in [1.82, 2.24) is 4.98 Å². The molecule has 1 amide bonds. The Morgan fingerprint density at radius 3 is 2.89 bits per heavy atom. The number of amides is 1. The van der Waals surface area contributed by atoms with Crippen molar-refractivity contribution in [2.75, 3.05) is 43.3 Å². The van der Waals surface area contributed by atoms with Crippen LogP contribution in [0.5, 0.6) is 11.5 Å². The first-order valence-corrected chi connectivity index (χ1v) is 10.0. The Morgan fingerprint density at radius 2 is 2.04 bits per heavy atom. The van der Waals surface area contributed by atoms with Gasteiger partial charge >= 0.3 is 0 Å². The van der Waals surface area contributed by atoms with Crippen LogP contribution in [0.2, 0.25) is 5.02 Å². The van der Waals surface area contributed by atoms with E-state index in [1.54, 1.807) is 23.5 Å². The average molecular weight is 418 g/mol. The smallest absolute Gasteiger partial charge is 0.255 e. The molecular weight excluding hydrogens is 402 g/mol. The number of anilines is 2. The highest BCUT2D eigenvalue weighted by atomic mass is 35.5. The number of halogens is 1. The molecular formula is C19H16ClN3O4S. The molecule has 0 atom stereocenters. The van der Waals surface area contributed by atoms with Gasteiger partial charge in [-0.3, -0.25) is 4.79 Å². The first-order chi connectivity index (χ1) is 13.7. The molecule has 9 heteroatoms. The SMILES string of the molecule is O=C(Nc1ccc2nc(N3CCOCC3)sc2c1)c1cc(Cl)c2c(c1)OCO2. The van der Waals surface area contributed by atoms with Crippen LogP contribution in [0.15, 0.2) is 30.3 Å². The van der Waals surface area contributed by atoms with Crippen LogP contribution in [0.1, 0.15) is 10.4 Å². The van der Waals surface area contributed by atoms with E-state index >= 15 is 0 Å². The van der Waals surface area contributed by atoms with Gasteiger partial charge in [0.05, 0.1) is 28.5 Å². The average Bonchev–Trinajstić information content (AvgIpc) is 3.35. The van der Waals surface area contributed by atoms with E-state index < -0.39 is 0 Å². The molecule has 3 aromatic rings. The lowest BCUT2D eigenvalue weighted by molar-refractivity contribution is 0.102. The van der Waals surface area contributed by atoms with Crippen LogP contribution in [0.25, 0.3) is 10.2 Å². The standard InChI is InChI=1S/C19H16ClN3O4S/c20-13-7-11(8-15-17(13)27-10-26-15)18(24)21-12-1-2-14-16(9-12)28-19(22-14)23-3-5-25-6-4-23/h1-2,7-9H,3-6,10H2,(H,21,24). The normalized spacial score (nSPS) is 15.8. The quantitative estimate of drug-likeness (QED) is 0.699. The number of carbonyl (C=O) groups excluding carboxylic acids is 1. The number of hydrogen-bond acceptors (Lipinski definition) is 7. The zero-order valence-electron chi connectivity index (χ0n) is 14.7. The maximum absolute atomic E-state index is 12.7. The van der Waals surface area contributed by atoms with E-state index in [1.807, 2.05) is 18.2 Å². The van der Waals surface area contributed by atoms with Gasteiger partial charge in [-0.25, -0.2) is 4.98 Å². The Morgan fingerprint density at radius 1 is 1.18 bits per heavy atom. The predicted octanol–water partition coefficient (Wildman–Crippen LogP) is 3.77. The van der Waals surface area contributed by atoms with Crippen molar-refractivity contribution in [3.63, 3.8) is 0 Å². The fraction of sp³-hybridized carbons (Fsp3) is 0.263. The maximum Gasteiger partial charge on any atom is 0.255 e. The number of morpholine rings is 1. The third-order valence-electron chi connectivity index (χ3n) is 4.61. The van der Waals surface area contributed by atoms with Crippen LogP contribution < -0.4 is 19.7 Å². The van der Waals surface area contributed by atoms with Crippen LogP contribution in [-0.2, 0) is 4.74 Å². The lowest BCUT2D eigenvalue weighted by atomic mass is 10.2. The van der Waals surface area contributed by atoms with Crippen LogP contribution >= 0.6 is 22.9 Å². The minimum Gasteiger partial charge on any atom is -0.454 e. The molecule has 2 aliphatic rings. The fourth-order valence-electron chi connectivity index (χ4n) is 3.18. The van der Waals surface area contributed by atoms with E-state index in [0.29, 0.717) is 27.8 Å². The zero-order valence-corrected chi connectivity index (χ0v) is 16.3. The lowest BCUT2D eigenvalue weighted by Crippen LogP contribution is -2.36. The van der Waals surface area contributed by atoms with Gasteiger partial charge in [-0.1, -0.05) is 22.9 Å². The molecule has 5 rings (SSSR count). The highest BCUT2D eigenvalue weighted by molar-refractivity contribution is 7.22. The second-order valence-electron chi connectivity index (χ2n) is 6.42. The molecule has 0 radical (unpaired) electrons. The molecule has 0 saturated carbocycles. The number of fused-ring (bicyclic) bond motifs is 2. The van der Waals surface area contributed by atoms with Crippen molar-refractivity contribution in [1.29, 1.82) is 0 Å². The summed E-state index contributed by atoms with van der Waals surface area (Å²) in [6.07, 6.45) is 0. The summed E-state index contributed by atoms with van der Waals surface area (Å²) >= 11 is 7.78. The Hall–Kier alpha value is -2.55. The third kappa shape index (κ3) is 3.23. The van der Waals surface area contributed by atoms with Crippen molar-refractivity contribution in [2.45, 2.75) is 0 Å². The topological polar surface area (TPSA) is 72.9 Å². The third-order valence-corrected chi connectivity index (χ3v) is 5.97. The number of aromatic nitrogens is 1. The van der Waals surface area contributed by atoms with E-state index in [1.165, 1.54) is 0 Å². The van der Waals surface area contributed by atoms with Gasteiger partial charge < -0.3 is 24.4 Å². The largest absolute Gasteiger partial charge is 0.454 e. The first kappa shape index (κ1) is 17.5. The van der Waals surface area contributed by atoms with Crippen molar-refractivity contribution < 1.29 is 19.0 Å². The first-order valence-electron chi connectivity index (χ1n) is 8.81. The van der Waals surface area contributed by atoms with Crippen LogP contribution in [0.3, 0.4) is 0 Å². The molecule has 1 fully saturated rings. The maximum atomic E-state index is 12.7. The molecule has 0 unspecified atom stereocenters. The minimum atomic E-state index is -0.266. The molecule has 1 N–H and O–H groups in total. The molecule has 2 aliphatic heterocycles. The van der Waals surface area contributed by atoms with Crippen LogP contribution in [0, 0.1) is 0 Å². The number of hydrogen-bond donors (Lipinski definition) is 1. The van der Waals surface area contributed by atoms with Gasteiger partial charge in [0.15, 0.2) is 16.6 Å². The summed E-state index contributed by atoms with van der Waals surface area (Å²) < 4.78 is 17.0. The van der Waals surface area contributed by atoms with E-state index in [2.05, 4.69) is 10.2 Å². The highest BCUT2D eigenvalue weighted by Crippen LogP contribution is 2.40. The molecule has 1 aromatic heterocycles. The summed E-state index contributed by atoms with van der Waals surface area (Å²) in [6.45, 7) is 3.22. The number of benzene rings is 2. The number of nitrogens with zero attached hydrogens (tertiary/aromatic N) is 2. The molecule has 2 aromatic carbocycles. The van der Waals surface area contributed by atoms with Crippen LogP contribution in [-0.4, -0.2) is 44.0 Å². The highest BCUT2D eigenvalue weighted by Gasteiger charge is 2.21. The summed E-state index contributed by atoms with van der Waals surface area (Å²) in [6, 6.07) is 8.90. The molecule has 1 saturated heterocycles. The lowest BCUT2D eigenvalue weighted by Gasteiger charge is -2.25. The molecule has 3 heterocycles. The van der Waals surface area contributed by atoms with Gasteiger partial charge in [0.25, 0.3) is 5.91 Å². The molecule has 7 nitrogen and oxygen atoms in total. The van der Waals surface area contributed by atoms with Gasteiger partial charge in [-0.2, -0.15) is 0 Å². The molecule has 0 spiro atoms. The number of carbonyl (C=O) groups is 1. The molecule has 0 bridgehead atoms. The number of thiazole rings is 1. The predicted molar refractivity (Wildman–Crippen MR) is 108 cm³/mol. The van der Waals surface area contributed by atoms with Gasteiger partial charge in [0.2, 0.25) is 6.79 Å². The Balaban J connectivity index is 1.37. The van der Waals surface area contributed by atoms with Crippen molar-refractivity contribution in [2.24, 2.45) is 0 Å². The van der Waals surface area contributed by atoms with Crippen molar-refractivity contribution >= 4 is 49.9 Å². The number of ether oxygens (including phenoxy) is 3. The summed E-state index contributed by atoms with van der Waals surface area (Å²) in [4.78, 5) is 19.6. The minimum absolute atomic E-state index is 0.105. The summed E-state index contributed by atoms with van der Waals surface area (Å²) in [5, 5.41) is 4.24. The van der Waals surface area contributed by atoms with E-state index in [-0.39, 0.29) is 12.7 Å². The molecule has 28 heavy (non-hydrogen) atoms. The number of rotatable bonds is 3. The summed E-state index contributed by atoms with van der Waals surface area (Å²) in [7, 11) is 0. The van der Waals surface area contributed by atoms with Gasteiger partial charge in [-0.05, 0) is 30.3 Å². The van der Waals surface area contributed by atoms with Crippen molar-refractivity contribution in [3.8, 4) is 11.5 Å². The van der Waals surface area contributed by atoms with Gasteiger partial charge in [0, 0.05) is 24.3 Å². The molecule has 144 valence electrons. The summed E-state index contributed by atoms with van der Waals surface area (Å²) in [5.41, 5.74) is 2.02. The van der Waals surface area contributed by atoms with E-state index in [9.17, 15) is 4.79 Å². The van der Waals surface area contributed by atoms with E-state index in [0.717, 1.165) is 41.7 Å². The van der Waals surface area contributed by atoms with Crippen LogP contribution in [0.4, 0.5) is 10.8 Å². The second kappa shape index (κ2) is 7.12. The zero-order chi connectivity index (χ0) is 19.1. The number of nitrogens with one attached hydrogen (secondary N) is 1. The Labute approximate surface area is 169 Å². The second-order valence-corrected chi connectivity index (χ2v) is 7.84. The fourth-order valence-corrected chi connectivity index (χ4v) is 4.50. The van der Waals surface area contributed by atoms with Crippen molar-refractivity contribution in [3.05, 3.63) is 40.9 Å². The monoisotopic (exact) mass is 417 g/mol. The van der Waals surface area contributed by atoms with E-state index in [4.69, 9.17) is 30.8 Å². The Kier molecular flexibility index (Phi) is 4.46. The van der Waals surface area contributed by atoms with Gasteiger partial charge in [-0.15, -0.1) is 0 Å². The molecule has 0 aliphatic carbocycles. The van der Waals surface area contributed by atoms with Gasteiger partial charge in [0.1, 0.15) is 0 Å². The Bertz CT molecular complexity index is 1060. The summed E-state index contributed by atoms with van der Waals surface area (Å²) in [5.74, 6) is 0.683.